The van der Waals surface area contributed by atoms with E-state index < -0.39 is 11.8 Å². The summed E-state index contributed by atoms with van der Waals surface area (Å²) in [6.45, 7) is -0.316. The molecule has 0 aromatic heterocycles. The lowest BCUT2D eigenvalue weighted by Crippen LogP contribution is -2.46. The van der Waals surface area contributed by atoms with Crippen LogP contribution in [-0.4, -0.2) is 24.3 Å². The molecule has 0 atom stereocenters. The van der Waals surface area contributed by atoms with Gasteiger partial charge in [0.05, 0.1) is 23.6 Å². The van der Waals surface area contributed by atoms with E-state index in [1.165, 1.54) is 18.2 Å². The van der Waals surface area contributed by atoms with Crippen molar-refractivity contribution in [2.24, 2.45) is 0 Å². The van der Waals surface area contributed by atoms with E-state index in [-0.39, 0.29) is 29.5 Å². The lowest BCUT2D eigenvalue weighted by Gasteiger charge is -2.09. The molecule has 0 bridgehead atoms. The Morgan fingerprint density at radius 2 is 1.56 bits per heavy atom. The number of carbonyl (C=O) groups excluding carboxylic acids is 3. The highest BCUT2D eigenvalue weighted by atomic mass is 35.5. The lowest BCUT2D eigenvalue weighted by atomic mass is 10.1. The van der Waals surface area contributed by atoms with E-state index in [9.17, 15) is 14.4 Å². The molecule has 2 aromatic rings. The van der Waals surface area contributed by atoms with Crippen molar-refractivity contribution < 1.29 is 14.4 Å². The molecular weight excluding hydrogens is 365 g/mol. The molecule has 3 N–H and O–H groups in total. The van der Waals surface area contributed by atoms with Crippen LogP contribution in [0.15, 0.2) is 48.5 Å². The molecule has 0 saturated heterocycles. The van der Waals surface area contributed by atoms with Gasteiger partial charge in [-0.25, -0.2) is 0 Å². The summed E-state index contributed by atoms with van der Waals surface area (Å²) < 4.78 is 0. The van der Waals surface area contributed by atoms with E-state index in [0.29, 0.717) is 5.02 Å². The maximum absolute atomic E-state index is 12.0. The summed E-state index contributed by atoms with van der Waals surface area (Å²) in [6.07, 6.45) is 0.133. The number of benzene rings is 2. The molecule has 0 aliphatic carbocycles. The minimum atomic E-state index is -0.570. The Labute approximate surface area is 154 Å². The Morgan fingerprint density at radius 3 is 2.24 bits per heavy atom. The first-order valence-corrected chi connectivity index (χ1v) is 8.06. The number of halogens is 2. The van der Waals surface area contributed by atoms with Gasteiger partial charge in [0, 0.05) is 5.02 Å². The van der Waals surface area contributed by atoms with Crippen molar-refractivity contribution in [3.8, 4) is 0 Å². The topological polar surface area (TPSA) is 87.3 Å². The molecule has 130 valence electrons. The molecule has 2 rings (SSSR count). The van der Waals surface area contributed by atoms with Gasteiger partial charge < -0.3 is 5.32 Å². The summed E-state index contributed by atoms with van der Waals surface area (Å²) in [5.41, 5.74) is 5.53. The van der Waals surface area contributed by atoms with E-state index in [1.807, 2.05) is 18.2 Å². The van der Waals surface area contributed by atoms with E-state index in [2.05, 4.69) is 16.2 Å². The quantitative estimate of drug-likeness (QED) is 0.695. The van der Waals surface area contributed by atoms with Gasteiger partial charge in [-0.05, 0) is 23.8 Å². The first kappa shape index (κ1) is 18.8. The molecule has 0 unspecified atom stereocenters. The number of amides is 3. The highest BCUT2D eigenvalue weighted by Gasteiger charge is 2.12. The average molecular weight is 380 g/mol. The van der Waals surface area contributed by atoms with Gasteiger partial charge in [-0.1, -0.05) is 53.5 Å². The lowest BCUT2D eigenvalue weighted by molar-refractivity contribution is -0.128. The number of hydrogen-bond donors (Lipinski definition) is 3. The van der Waals surface area contributed by atoms with Gasteiger partial charge in [-0.15, -0.1) is 0 Å². The maximum Gasteiger partial charge on any atom is 0.257 e. The molecule has 2 aromatic carbocycles. The Balaban J connectivity index is 1.75. The predicted octanol–water partition coefficient (Wildman–Crippen LogP) is 2.11. The van der Waals surface area contributed by atoms with E-state index in [1.54, 1.807) is 12.1 Å². The summed E-state index contributed by atoms with van der Waals surface area (Å²) in [5.74, 6) is -1.46. The average Bonchev–Trinajstić information content (AvgIpc) is 2.58. The van der Waals surface area contributed by atoms with Crippen LogP contribution in [0.2, 0.25) is 10.0 Å². The third kappa shape index (κ3) is 6.10. The SMILES string of the molecule is O=C(CNC(=O)c1ccc(Cl)cc1Cl)NNC(=O)Cc1ccccc1. The number of hydrogen-bond acceptors (Lipinski definition) is 3. The van der Waals surface area contributed by atoms with Crippen LogP contribution in [0.25, 0.3) is 0 Å². The fourth-order valence-corrected chi connectivity index (χ4v) is 2.43. The second-order valence-corrected chi connectivity index (χ2v) is 5.91. The van der Waals surface area contributed by atoms with Crippen LogP contribution in [0.1, 0.15) is 15.9 Å². The molecule has 6 nitrogen and oxygen atoms in total. The Bertz CT molecular complexity index is 782. The predicted molar refractivity (Wildman–Crippen MR) is 95.2 cm³/mol. The third-order valence-corrected chi connectivity index (χ3v) is 3.68. The van der Waals surface area contributed by atoms with Crippen molar-refractivity contribution in [2.75, 3.05) is 6.54 Å². The second kappa shape index (κ2) is 9.05. The van der Waals surface area contributed by atoms with Crippen molar-refractivity contribution in [3.63, 3.8) is 0 Å². The van der Waals surface area contributed by atoms with Gasteiger partial charge in [0.25, 0.3) is 11.8 Å². The minimum absolute atomic E-state index is 0.133. The first-order chi connectivity index (χ1) is 12.0. The van der Waals surface area contributed by atoms with Crippen LogP contribution < -0.4 is 16.2 Å². The summed E-state index contributed by atoms with van der Waals surface area (Å²) in [4.78, 5) is 35.3. The normalized spacial score (nSPS) is 10.0. The van der Waals surface area contributed by atoms with Crippen LogP contribution in [0.4, 0.5) is 0 Å². The molecule has 0 spiro atoms. The highest BCUT2D eigenvalue weighted by Crippen LogP contribution is 2.20. The van der Waals surface area contributed by atoms with Crippen molar-refractivity contribution >= 4 is 40.9 Å². The van der Waals surface area contributed by atoms with Crippen molar-refractivity contribution in [2.45, 2.75) is 6.42 Å². The minimum Gasteiger partial charge on any atom is -0.343 e. The Hall–Kier alpha value is -2.57. The van der Waals surface area contributed by atoms with Crippen LogP contribution in [0.3, 0.4) is 0 Å². The van der Waals surface area contributed by atoms with Gasteiger partial charge in [0.1, 0.15) is 0 Å². The number of nitrogens with one attached hydrogen (secondary N) is 3. The second-order valence-electron chi connectivity index (χ2n) is 5.07. The molecule has 0 aliphatic rings. The van der Waals surface area contributed by atoms with E-state index >= 15 is 0 Å². The van der Waals surface area contributed by atoms with Gasteiger partial charge >= 0.3 is 0 Å². The maximum atomic E-state index is 12.0. The zero-order valence-corrected chi connectivity index (χ0v) is 14.5. The molecule has 0 heterocycles. The number of rotatable bonds is 5. The monoisotopic (exact) mass is 379 g/mol. The van der Waals surface area contributed by atoms with Gasteiger partial charge in [-0.2, -0.15) is 0 Å². The summed E-state index contributed by atoms with van der Waals surface area (Å²) in [6, 6.07) is 13.5. The largest absolute Gasteiger partial charge is 0.343 e. The zero-order chi connectivity index (χ0) is 18.2. The zero-order valence-electron chi connectivity index (χ0n) is 13.0. The van der Waals surface area contributed by atoms with Crippen molar-refractivity contribution in [1.82, 2.24) is 16.2 Å². The van der Waals surface area contributed by atoms with Crippen LogP contribution in [0.5, 0.6) is 0 Å². The van der Waals surface area contributed by atoms with E-state index in [4.69, 9.17) is 23.2 Å². The fraction of sp³-hybridized carbons (Fsp3) is 0.118. The van der Waals surface area contributed by atoms with Crippen LogP contribution in [-0.2, 0) is 16.0 Å². The fourth-order valence-electron chi connectivity index (χ4n) is 1.94. The standard InChI is InChI=1S/C17H15Cl2N3O3/c18-12-6-7-13(14(19)9-12)17(25)20-10-16(24)22-21-15(23)8-11-4-2-1-3-5-11/h1-7,9H,8,10H2,(H,20,25)(H,21,23)(H,22,24). The van der Waals surface area contributed by atoms with E-state index in [0.717, 1.165) is 5.56 Å². The first-order valence-electron chi connectivity index (χ1n) is 7.30. The Kier molecular flexibility index (Phi) is 6.80. The van der Waals surface area contributed by atoms with Crippen LogP contribution in [0, 0.1) is 0 Å². The number of carbonyl (C=O) groups is 3. The Morgan fingerprint density at radius 1 is 0.880 bits per heavy atom. The molecular formula is C17H15Cl2N3O3. The molecule has 8 heteroatoms. The molecule has 0 saturated carbocycles. The van der Waals surface area contributed by atoms with Crippen molar-refractivity contribution in [1.29, 1.82) is 0 Å². The van der Waals surface area contributed by atoms with Gasteiger partial charge in [0.2, 0.25) is 5.91 Å². The molecule has 0 radical (unpaired) electrons. The number of hydrazine groups is 1. The van der Waals surface area contributed by atoms with Gasteiger partial charge in [0.15, 0.2) is 0 Å². The highest BCUT2D eigenvalue weighted by molar-refractivity contribution is 6.36. The van der Waals surface area contributed by atoms with Crippen LogP contribution >= 0.6 is 23.2 Å². The summed E-state index contributed by atoms with van der Waals surface area (Å²) in [7, 11) is 0. The van der Waals surface area contributed by atoms with Gasteiger partial charge in [-0.3, -0.25) is 25.2 Å². The summed E-state index contributed by atoms with van der Waals surface area (Å²) in [5, 5.41) is 2.99. The molecule has 0 fully saturated rings. The van der Waals surface area contributed by atoms with Crippen molar-refractivity contribution in [3.05, 3.63) is 69.7 Å². The summed E-state index contributed by atoms with van der Waals surface area (Å²) >= 11 is 11.7. The molecule has 25 heavy (non-hydrogen) atoms. The molecule has 0 aliphatic heterocycles. The molecule has 3 amide bonds. The smallest absolute Gasteiger partial charge is 0.257 e. The third-order valence-electron chi connectivity index (χ3n) is 3.13.